The maximum absolute atomic E-state index is 6.33. The number of hydrogen-bond donors (Lipinski definition) is 1. The maximum Gasteiger partial charge on any atom is 0.118 e. The van der Waals surface area contributed by atoms with Crippen LogP contribution in [0, 0.1) is 0 Å². The van der Waals surface area contributed by atoms with Gasteiger partial charge in [0.25, 0.3) is 0 Å². The van der Waals surface area contributed by atoms with Crippen molar-refractivity contribution in [2.75, 3.05) is 7.11 Å². The molecule has 0 heterocycles. The molecule has 2 aromatic rings. The van der Waals surface area contributed by atoms with Gasteiger partial charge in [-0.15, -0.1) is 0 Å². The Morgan fingerprint density at radius 2 is 1.35 bits per heavy atom. The lowest BCUT2D eigenvalue weighted by Gasteiger charge is -2.15. The molecule has 0 bridgehead atoms. The van der Waals surface area contributed by atoms with Crippen molar-refractivity contribution < 1.29 is 4.74 Å². The van der Waals surface area contributed by atoms with Gasteiger partial charge in [0.1, 0.15) is 5.75 Å². The zero-order chi connectivity index (χ0) is 14.5. The Balaban J connectivity index is 2.17. The summed E-state index contributed by atoms with van der Waals surface area (Å²) in [5.74, 6) is 1.45. The van der Waals surface area contributed by atoms with Crippen molar-refractivity contribution in [1.82, 2.24) is 0 Å². The Labute approximate surface area is 121 Å². The Morgan fingerprint density at radius 3 is 1.80 bits per heavy atom. The fourth-order valence-electron chi connectivity index (χ4n) is 2.27. The molecular formula is C18H23NO. The molecule has 2 rings (SSSR count). The molecule has 2 unspecified atom stereocenters. The van der Waals surface area contributed by atoms with Crippen LogP contribution in [-0.2, 0) is 0 Å². The van der Waals surface area contributed by atoms with Gasteiger partial charge >= 0.3 is 0 Å². The highest BCUT2D eigenvalue weighted by molar-refractivity contribution is 5.36. The van der Waals surface area contributed by atoms with E-state index in [2.05, 4.69) is 38.1 Å². The van der Waals surface area contributed by atoms with E-state index in [1.165, 1.54) is 5.56 Å². The third-order valence-corrected chi connectivity index (χ3v) is 3.95. The molecule has 0 amide bonds. The molecule has 0 aromatic heterocycles. The summed E-state index contributed by atoms with van der Waals surface area (Å²) in [6.45, 7) is 4.46. The average molecular weight is 269 g/mol. The standard InChI is InChI=1S/C18H23NO/c1-4-13(2)14-5-7-15(8-6-14)18(19)16-9-11-17(20-3)12-10-16/h5-13,18H,4,19H2,1-3H3. The Morgan fingerprint density at radius 1 is 0.900 bits per heavy atom. The normalized spacial score (nSPS) is 13.8. The monoisotopic (exact) mass is 269 g/mol. The van der Waals surface area contributed by atoms with Crippen LogP contribution in [-0.4, -0.2) is 7.11 Å². The molecule has 0 aliphatic rings. The van der Waals surface area contributed by atoms with E-state index < -0.39 is 0 Å². The highest BCUT2D eigenvalue weighted by atomic mass is 16.5. The Hall–Kier alpha value is -1.80. The Bertz CT molecular complexity index is 530. The second-order valence-electron chi connectivity index (χ2n) is 5.23. The van der Waals surface area contributed by atoms with E-state index in [1.807, 2.05) is 24.3 Å². The van der Waals surface area contributed by atoms with E-state index >= 15 is 0 Å². The maximum atomic E-state index is 6.33. The van der Waals surface area contributed by atoms with Crippen LogP contribution >= 0.6 is 0 Å². The van der Waals surface area contributed by atoms with Crippen molar-refractivity contribution in [3.05, 3.63) is 65.2 Å². The first-order valence-electron chi connectivity index (χ1n) is 7.15. The van der Waals surface area contributed by atoms with Gasteiger partial charge < -0.3 is 10.5 Å². The summed E-state index contributed by atoms with van der Waals surface area (Å²) >= 11 is 0. The van der Waals surface area contributed by atoms with E-state index in [0.717, 1.165) is 23.3 Å². The lowest BCUT2D eigenvalue weighted by molar-refractivity contribution is 0.414. The van der Waals surface area contributed by atoms with Gasteiger partial charge in [-0.2, -0.15) is 0 Å². The van der Waals surface area contributed by atoms with E-state index in [-0.39, 0.29) is 6.04 Å². The van der Waals surface area contributed by atoms with Crippen LogP contribution in [0.15, 0.2) is 48.5 Å². The number of benzene rings is 2. The van der Waals surface area contributed by atoms with Gasteiger partial charge in [0.15, 0.2) is 0 Å². The van der Waals surface area contributed by atoms with Crippen molar-refractivity contribution in [1.29, 1.82) is 0 Å². The highest BCUT2D eigenvalue weighted by Gasteiger charge is 2.10. The van der Waals surface area contributed by atoms with Gasteiger partial charge in [0, 0.05) is 0 Å². The topological polar surface area (TPSA) is 35.2 Å². The molecule has 2 atom stereocenters. The number of rotatable bonds is 5. The minimum Gasteiger partial charge on any atom is -0.497 e. The number of hydrogen-bond acceptors (Lipinski definition) is 2. The molecule has 0 spiro atoms. The summed E-state index contributed by atoms with van der Waals surface area (Å²) in [6, 6.07) is 16.5. The van der Waals surface area contributed by atoms with E-state index in [9.17, 15) is 0 Å². The first-order valence-corrected chi connectivity index (χ1v) is 7.15. The molecule has 2 heteroatoms. The highest BCUT2D eigenvalue weighted by Crippen LogP contribution is 2.24. The number of ether oxygens (including phenoxy) is 1. The third kappa shape index (κ3) is 3.20. The lowest BCUT2D eigenvalue weighted by atomic mass is 9.94. The molecule has 106 valence electrons. The van der Waals surface area contributed by atoms with Crippen molar-refractivity contribution in [3.63, 3.8) is 0 Å². The predicted molar refractivity (Wildman–Crippen MR) is 84.2 cm³/mol. The molecule has 0 aliphatic heterocycles. The van der Waals surface area contributed by atoms with Gasteiger partial charge in [-0.3, -0.25) is 0 Å². The molecule has 0 saturated heterocycles. The van der Waals surface area contributed by atoms with Gasteiger partial charge in [-0.25, -0.2) is 0 Å². The summed E-state index contributed by atoms with van der Waals surface area (Å²) in [5.41, 5.74) is 9.94. The second kappa shape index (κ2) is 6.58. The van der Waals surface area contributed by atoms with Gasteiger partial charge in [0.2, 0.25) is 0 Å². The molecule has 2 nitrogen and oxygen atoms in total. The Kier molecular flexibility index (Phi) is 4.80. The molecule has 0 radical (unpaired) electrons. The summed E-state index contributed by atoms with van der Waals surface area (Å²) in [5, 5.41) is 0. The van der Waals surface area contributed by atoms with Crippen LogP contribution in [0.3, 0.4) is 0 Å². The van der Waals surface area contributed by atoms with Gasteiger partial charge in [0.05, 0.1) is 13.2 Å². The zero-order valence-corrected chi connectivity index (χ0v) is 12.5. The number of nitrogens with two attached hydrogens (primary N) is 1. The SMILES string of the molecule is CCC(C)c1ccc(C(N)c2ccc(OC)cc2)cc1. The van der Waals surface area contributed by atoms with E-state index in [4.69, 9.17) is 10.5 Å². The minimum atomic E-state index is -0.0908. The van der Waals surface area contributed by atoms with Crippen LogP contribution in [0.25, 0.3) is 0 Å². The van der Waals surface area contributed by atoms with Crippen LogP contribution in [0.1, 0.15) is 48.9 Å². The first-order chi connectivity index (χ1) is 9.65. The largest absolute Gasteiger partial charge is 0.497 e. The van der Waals surface area contributed by atoms with Crippen molar-refractivity contribution in [2.45, 2.75) is 32.2 Å². The van der Waals surface area contributed by atoms with E-state index in [1.54, 1.807) is 7.11 Å². The first kappa shape index (κ1) is 14.6. The molecule has 0 aliphatic carbocycles. The minimum absolute atomic E-state index is 0.0908. The third-order valence-electron chi connectivity index (χ3n) is 3.95. The zero-order valence-electron chi connectivity index (χ0n) is 12.5. The molecule has 20 heavy (non-hydrogen) atoms. The smallest absolute Gasteiger partial charge is 0.118 e. The molecule has 0 fully saturated rings. The van der Waals surface area contributed by atoms with Crippen LogP contribution in [0.5, 0.6) is 5.75 Å². The summed E-state index contributed by atoms with van der Waals surface area (Å²) in [6.07, 6.45) is 1.16. The summed E-state index contributed by atoms with van der Waals surface area (Å²) < 4.78 is 5.17. The molecular weight excluding hydrogens is 246 g/mol. The lowest BCUT2D eigenvalue weighted by Crippen LogP contribution is -2.11. The second-order valence-corrected chi connectivity index (χ2v) is 5.23. The van der Waals surface area contributed by atoms with Gasteiger partial charge in [-0.1, -0.05) is 50.2 Å². The summed E-state index contributed by atoms with van der Waals surface area (Å²) in [4.78, 5) is 0. The summed E-state index contributed by atoms with van der Waals surface area (Å²) in [7, 11) is 1.67. The predicted octanol–water partition coefficient (Wildman–Crippen LogP) is 4.26. The fourth-order valence-corrected chi connectivity index (χ4v) is 2.27. The van der Waals surface area contributed by atoms with Crippen LogP contribution < -0.4 is 10.5 Å². The van der Waals surface area contributed by atoms with Crippen LogP contribution in [0.2, 0.25) is 0 Å². The molecule has 2 aromatic carbocycles. The average Bonchev–Trinajstić information content (AvgIpc) is 2.53. The quantitative estimate of drug-likeness (QED) is 0.880. The van der Waals surface area contributed by atoms with Gasteiger partial charge in [-0.05, 0) is 41.2 Å². The number of methoxy groups -OCH3 is 1. The van der Waals surface area contributed by atoms with Crippen LogP contribution in [0.4, 0.5) is 0 Å². The molecule has 2 N–H and O–H groups in total. The van der Waals surface area contributed by atoms with Crippen molar-refractivity contribution in [3.8, 4) is 5.75 Å². The fraction of sp³-hybridized carbons (Fsp3) is 0.333. The van der Waals surface area contributed by atoms with E-state index in [0.29, 0.717) is 5.92 Å². The molecule has 0 saturated carbocycles. The van der Waals surface area contributed by atoms with Crippen molar-refractivity contribution in [2.24, 2.45) is 5.73 Å². The van der Waals surface area contributed by atoms with Crippen molar-refractivity contribution >= 4 is 0 Å².